The summed E-state index contributed by atoms with van der Waals surface area (Å²) < 4.78 is 5.26. The highest BCUT2D eigenvalue weighted by Crippen LogP contribution is 2.40. The topological polar surface area (TPSA) is 91.4 Å². The molecule has 0 spiro atoms. The Labute approximate surface area is 201 Å². The maximum Gasteiger partial charge on any atom is 0.223 e. The molecule has 0 aromatic carbocycles. The average molecular weight is 465 g/mol. The number of likely N-dealkylation sites (tertiary alicyclic amines) is 1. The van der Waals surface area contributed by atoms with Crippen LogP contribution >= 0.6 is 0 Å². The Kier molecular flexibility index (Phi) is 7.08. The van der Waals surface area contributed by atoms with Crippen LogP contribution in [0.25, 0.3) is 0 Å². The maximum atomic E-state index is 13.3. The van der Waals surface area contributed by atoms with Gasteiger partial charge in [0, 0.05) is 49.0 Å². The molecule has 4 unspecified atom stereocenters. The Morgan fingerprint density at radius 3 is 3.00 bits per heavy atom. The van der Waals surface area contributed by atoms with Crippen LogP contribution in [0.4, 0.5) is 0 Å². The van der Waals surface area contributed by atoms with Crippen LogP contribution in [0.1, 0.15) is 55.1 Å². The molecule has 4 heterocycles. The van der Waals surface area contributed by atoms with E-state index in [9.17, 15) is 4.79 Å². The van der Waals surface area contributed by atoms with Gasteiger partial charge in [0.15, 0.2) is 0 Å². The van der Waals surface area contributed by atoms with Gasteiger partial charge in [0.2, 0.25) is 11.8 Å². The molecule has 0 bridgehead atoms. The van der Waals surface area contributed by atoms with Crippen LogP contribution in [-0.4, -0.2) is 53.1 Å². The number of hydrogen-bond acceptors (Lipinski definition) is 7. The summed E-state index contributed by atoms with van der Waals surface area (Å²) in [6, 6.07) is 11.0. The second kappa shape index (κ2) is 10.4. The molecule has 34 heavy (non-hydrogen) atoms. The number of aromatic nitrogens is 2. The largest absolute Gasteiger partial charge is 0.481 e. The van der Waals surface area contributed by atoms with Crippen molar-refractivity contribution in [1.82, 2.24) is 31.0 Å². The molecule has 5 rings (SSSR count). The minimum atomic E-state index is 0.0730. The Hall–Kier alpha value is -2.55. The van der Waals surface area contributed by atoms with E-state index in [1.807, 2.05) is 31.3 Å². The number of piperidine rings is 1. The zero-order valence-corrected chi connectivity index (χ0v) is 20.2. The zero-order chi connectivity index (χ0) is 23.5. The number of carbonyl (C=O) groups is 1. The lowest BCUT2D eigenvalue weighted by atomic mass is 9.74. The summed E-state index contributed by atoms with van der Waals surface area (Å²) in [6.45, 7) is 4.70. The number of nitrogens with zero attached hydrogens (tertiary/aromatic N) is 3. The van der Waals surface area contributed by atoms with Crippen molar-refractivity contribution in [2.75, 3.05) is 20.2 Å². The van der Waals surface area contributed by atoms with Gasteiger partial charge in [-0.05, 0) is 75.3 Å². The number of aryl methyl sites for hydroxylation is 1. The lowest BCUT2D eigenvalue weighted by molar-refractivity contribution is -0.127. The van der Waals surface area contributed by atoms with Crippen LogP contribution in [-0.2, 0) is 11.3 Å². The van der Waals surface area contributed by atoms with Crippen LogP contribution in [0.2, 0.25) is 0 Å². The first kappa shape index (κ1) is 23.2. The number of hydrazine groups is 1. The molecule has 1 saturated carbocycles. The minimum Gasteiger partial charge on any atom is -0.481 e. The fourth-order valence-electron chi connectivity index (χ4n) is 5.91. The van der Waals surface area contributed by atoms with E-state index in [1.165, 1.54) is 5.56 Å². The van der Waals surface area contributed by atoms with E-state index >= 15 is 0 Å². The van der Waals surface area contributed by atoms with Gasteiger partial charge in [0.25, 0.3) is 0 Å². The number of nitrogens with one attached hydrogen (secondary N) is 3. The van der Waals surface area contributed by atoms with E-state index in [4.69, 9.17) is 4.74 Å². The smallest absolute Gasteiger partial charge is 0.223 e. The third-order valence-corrected chi connectivity index (χ3v) is 7.63. The Morgan fingerprint density at radius 2 is 2.15 bits per heavy atom. The summed E-state index contributed by atoms with van der Waals surface area (Å²) in [5, 5.41) is 3.39. The monoisotopic (exact) mass is 464 g/mol. The lowest BCUT2D eigenvalue weighted by Crippen LogP contribution is -2.50. The molecule has 3 N–H and O–H groups in total. The van der Waals surface area contributed by atoms with Crippen LogP contribution in [0.3, 0.4) is 0 Å². The van der Waals surface area contributed by atoms with E-state index in [1.54, 1.807) is 7.11 Å². The fraction of sp³-hybridized carbons (Fsp3) is 0.577. The molecule has 8 nitrogen and oxygen atoms in total. The Morgan fingerprint density at radius 1 is 1.24 bits per heavy atom. The molecular formula is C26H36N6O2. The van der Waals surface area contributed by atoms with Gasteiger partial charge < -0.3 is 10.1 Å². The van der Waals surface area contributed by atoms with Crippen molar-refractivity contribution >= 4 is 5.91 Å². The van der Waals surface area contributed by atoms with Gasteiger partial charge in [-0.15, -0.1) is 0 Å². The molecule has 5 atom stereocenters. The molecule has 3 fully saturated rings. The van der Waals surface area contributed by atoms with Gasteiger partial charge in [-0.2, -0.15) is 0 Å². The van der Waals surface area contributed by atoms with E-state index < -0.39 is 0 Å². The third-order valence-electron chi connectivity index (χ3n) is 7.63. The minimum absolute atomic E-state index is 0.0730. The molecule has 0 radical (unpaired) electrons. The van der Waals surface area contributed by atoms with Crippen molar-refractivity contribution < 1.29 is 9.53 Å². The first-order valence-electron chi connectivity index (χ1n) is 12.6. The van der Waals surface area contributed by atoms with E-state index in [0.717, 1.165) is 63.1 Å². The maximum absolute atomic E-state index is 13.3. The van der Waals surface area contributed by atoms with Gasteiger partial charge in [0.05, 0.1) is 18.8 Å². The van der Waals surface area contributed by atoms with E-state index in [0.29, 0.717) is 17.8 Å². The number of pyridine rings is 2. The second-order valence-corrected chi connectivity index (χ2v) is 10.0. The Balaban J connectivity index is 1.17. The number of fused-ring (bicyclic) bond motifs is 1. The predicted molar refractivity (Wildman–Crippen MR) is 130 cm³/mol. The SMILES string of the molecule is COc1cccc(CN2CCC[C@@H](NC(=O)C3CCC4NNC(c5ccnc(C)c5)C4C3)C2)n1. The Bertz CT molecular complexity index is 1000. The quantitative estimate of drug-likeness (QED) is 0.605. The number of carbonyl (C=O) groups excluding carboxylic acids is 1. The van der Waals surface area contributed by atoms with Crippen molar-refractivity contribution in [3.63, 3.8) is 0 Å². The molecule has 2 aromatic rings. The summed E-state index contributed by atoms with van der Waals surface area (Å²) in [5.41, 5.74) is 10.3. The standard InChI is InChI=1S/C26H36N6O2/c1-17-13-18(10-11-27-17)25-22-14-19(8-9-23(22)30-31-25)26(33)29-21-6-4-12-32(16-21)15-20-5-3-7-24(28-20)34-2/h3,5,7,10-11,13,19,21-23,25,30-31H,4,6,8-9,12,14-16H2,1-2H3,(H,29,33)/t19?,21-,22?,23?,25?/m1/s1. The summed E-state index contributed by atoms with van der Waals surface area (Å²) in [4.78, 5) is 24.6. The van der Waals surface area contributed by atoms with Gasteiger partial charge in [-0.25, -0.2) is 10.4 Å². The van der Waals surface area contributed by atoms with Crippen molar-refractivity contribution in [3.05, 3.63) is 53.5 Å². The van der Waals surface area contributed by atoms with Gasteiger partial charge in [-0.3, -0.25) is 20.1 Å². The number of hydrogen-bond donors (Lipinski definition) is 3. The highest BCUT2D eigenvalue weighted by molar-refractivity contribution is 5.79. The molecule has 8 heteroatoms. The van der Waals surface area contributed by atoms with E-state index in [2.05, 4.69) is 43.2 Å². The third kappa shape index (κ3) is 5.24. The van der Waals surface area contributed by atoms with Crippen molar-refractivity contribution in [2.24, 2.45) is 11.8 Å². The van der Waals surface area contributed by atoms with Crippen LogP contribution in [0, 0.1) is 18.8 Å². The number of ether oxygens (including phenoxy) is 1. The molecule has 2 aliphatic heterocycles. The summed E-state index contributed by atoms with van der Waals surface area (Å²) >= 11 is 0. The zero-order valence-electron chi connectivity index (χ0n) is 20.2. The summed E-state index contributed by atoms with van der Waals surface area (Å²) in [5.74, 6) is 1.35. The first-order chi connectivity index (χ1) is 16.6. The number of amides is 1. The highest BCUT2D eigenvalue weighted by Gasteiger charge is 2.43. The van der Waals surface area contributed by atoms with Gasteiger partial charge in [-0.1, -0.05) is 6.07 Å². The molecule has 1 aliphatic carbocycles. The number of rotatable bonds is 6. The second-order valence-electron chi connectivity index (χ2n) is 10.0. The van der Waals surface area contributed by atoms with E-state index in [-0.39, 0.29) is 23.9 Å². The normalized spacial score (nSPS) is 29.4. The van der Waals surface area contributed by atoms with Gasteiger partial charge >= 0.3 is 0 Å². The fourth-order valence-corrected chi connectivity index (χ4v) is 5.91. The van der Waals surface area contributed by atoms with Crippen LogP contribution in [0.5, 0.6) is 5.88 Å². The van der Waals surface area contributed by atoms with Crippen molar-refractivity contribution in [2.45, 2.75) is 63.7 Å². The lowest BCUT2D eigenvalue weighted by Gasteiger charge is -2.36. The number of methoxy groups -OCH3 is 1. The van der Waals surface area contributed by atoms with Crippen molar-refractivity contribution in [1.29, 1.82) is 0 Å². The molecule has 1 amide bonds. The molecule has 182 valence electrons. The van der Waals surface area contributed by atoms with Gasteiger partial charge in [0.1, 0.15) is 0 Å². The highest BCUT2D eigenvalue weighted by atomic mass is 16.5. The van der Waals surface area contributed by atoms with Crippen molar-refractivity contribution in [3.8, 4) is 5.88 Å². The molecular weight excluding hydrogens is 428 g/mol. The first-order valence-corrected chi connectivity index (χ1v) is 12.6. The van der Waals surface area contributed by atoms with Crippen LogP contribution < -0.4 is 20.9 Å². The summed E-state index contributed by atoms with van der Waals surface area (Å²) in [6.07, 6.45) is 6.87. The average Bonchev–Trinajstić information content (AvgIpc) is 3.28. The molecule has 3 aliphatic rings. The molecule has 2 saturated heterocycles. The predicted octanol–water partition coefficient (Wildman–Crippen LogP) is 2.51. The summed E-state index contributed by atoms with van der Waals surface area (Å²) in [7, 11) is 1.64. The van der Waals surface area contributed by atoms with Crippen LogP contribution in [0.15, 0.2) is 36.5 Å². The molecule has 2 aromatic heterocycles.